The summed E-state index contributed by atoms with van der Waals surface area (Å²) in [5.74, 6) is 0. The van der Waals surface area contributed by atoms with Crippen molar-refractivity contribution >= 4 is 15.9 Å². The molecule has 0 heterocycles. The standard InChI is InChI=1S/C11H14BrN/c1-13-9-6-5-8-3-2-4-11(12)10(8)7-9/h2-4,9,13H,5-7H2,1H3. The lowest BCUT2D eigenvalue weighted by Crippen LogP contribution is -2.31. The summed E-state index contributed by atoms with van der Waals surface area (Å²) in [4.78, 5) is 0. The lowest BCUT2D eigenvalue weighted by atomic mass is 9.88. The smallest absolute Gasteiger partial charge is 0.0210 e. The first-order valence-electron chi connectivity index (χ1n) is 4.75. The van der Waals surface area contributed by atoms with Gasteiger partial charge >= 0.3 is 0 Å². The van der Waals surface area contributed by atoms with Gasteiger partial charge in [-0.3, -0.25) is 0 Å². The lowest BCUT2D eigenvalue weighted by molar-refractivity contribution is 0.495. The molecule has 1 aliphatic carbocycles. The van der Waals surface area contributed by atoms with E-state index in [9.17, 15) is 0 Å². The first-order chi connectivity index (χ1) is 6.31. The Kier molecular flexibility index (Phi) is 2.70. The number of aryl methyl sites for hydroxylation is 1. The van der Waals surface area contributed by atoms with E-state index >= 15 is 0 Å². The molecule has 1 aliphatic rings. The zero-order valence-corrected chi connectivity index (χ0v) is 9.39. The average Bonchev–Trinajstić information content (AvgIpc) is 2.18. The minimum absolute atomic E-state index is 0.659. The van der Waals surface area contributed by atoms with Crippen LogP contribution >= 0.6 is 15.9 Å². The van der Waals surface area contributed by atoms with E-state index in [1.807, 2.05) is 7.05 Å². The molecule has 0 saturated heterocycles. The third kappa shape index (κ3) is 1.79. The van der Waals surface area contributed by atoms with Crippen LogP contribution < -0.4 is 5.32 Å². The maximum Gasteiger partial charge on any atom is 0.0210 e. The van der Waals surface area contributed by atoms with Crippen LogP contribution in [0, 0.1) is 0 Å². The summed E-state index contributed by atoms with van der Waals surface area (Å²) in [5.41, 5.74) is 3.01. The van der Waals surface area contributed by atoms with Crippen LogP contribution in [0.25, 0.3) is 0 Å². The van der Waals surface area contributed by atoms with Crippen LogP contribution in [-0.2, 0) is 12.8 Å². The van der Waals surface area contributed by atoms with Gasteiger partial charge in [0, 0.05) is 10.5 Å². The molecule has 0 radical (unpaired) electrons. The third-order valence-corrected chi connectivity index (χ3v) is 3.58. The largest absolute Gasteiger partial charge is 0.317 e. The number of benzene rings is 1. The molecule has 0 saturated carbocycles. The van der Waals surface area contributed by atoms with Crippen LogP contribution in [0.4, 0.5) is 0 Å². The highest BCUT2D eigenvalue weighted by Crippen LogP contribution is 2.27. The second kappa shape index (κ2) is 3.81. The highest BCUT2D eigenvalue weighted by atomic mass is 79.9. The molecule has 2 rings (SSSR count). The molecule has 1 aromatic carbocycles. The Morgan fingerprint density at radius 1 is 1.46 bits per heavy atom. The molecule has 0 spiro atoms. The maximum atomic E-state index is 3.61. The van der Waals surface area contributed by atoms with Crippen molar-refractivity contribution in [2.75, 3.05) is 7.05 Å². The fourth-order valence-corrected chi connectivity index (χ4v) is 2.56. The molecule has 1 N–H and O–H groups in total. The van der Waals surface area contributed by atoms with Crippen molar-refractivity contribution in [1.29, 1.82) is 0 Å². The van der Waals surface area contributed by atoms with E-state index in [0.717, 1.165) is 6.42 Å². The molecule has 0 bridgehead atoms. The second-order valence-corrected chi connectivity index (χ2v) is 4.46. The monoisotopic (exact) mass is 239 g/mol. The zero-order valence-electron chi connectivity index (χ0n) is 7.81. The molecule has 0 aromatic heterocycles. The molecule has 0 aliphatic heterocycles. The van der Waals surface area contributed by atoms with Crippen molar-refractivity contribution in [3.05, 3.63) is 33.8 Å². The molecule has 1 atom stereocenters. The summed E-state index contributed by atoms with van der Waals surface area (Å²) in [5, 5.41) is 3.35. The van der Waals surface area contributed by atoms with E-state index in [1.54, 1.807) is 0 Å². The molecule has 70 valence electrons. The van der Waals surface area contributed by atoms with E-state index in [4.69, 9.17) is 0 Å². The second-order valence-electron chi connectivity index (χ2n) is 3.61. The molecule has 1 nitrogen and oxygen atoms in total. The van der Waals surface area contributed by atoms with Gasteiger partial charge in [-0.25, -0.2) is 0 Å². The van der Waals surface area contributed by atoms with Crippen LogP contribution in [-0.4, -0.2) is 13.1 Å². The van der Waals surface area contributed by atoms with E-state index < -0.39 is 0 Å². The van der Waals surface area contributed by atoms with Crippen LogP contribution in [0.5, 0.6) is 0 Å². The van der Waals surface area contributed by atoms with E-state index in [2.05, 4.69) is 39.4 Å². The number of halogens is 1. The van der Waals surface area contributed by atoms with Gasteiger partial charge in [-0.1, -0.05) is 28.1 Å². The van der Waals surface area contributed by atoms with E-state index in [1.165, 1.54) is 28.4 Å². The Morgan fingerprint density at radius 2 is 2.31 bits per heavy atom. The summed E-state index contributed by atoms with van der Waals surface area (Å²) in [6.45, 7) is 0. The van der Waals surface area contributed by atoms with Gasteiger partial charge < -0.3 is 5.32 Å². The topological polar surface area (TPSA) is 12.0 Å². The third-order valence-electron chi connectivity index (χ3n) is 2.84. The van der Waals surface area contributed by atoms with Gasteiger partial charge in [0.05, 0.1) is 0 Å². The van der Waals surface area contributed by atoms with Crippen LogP contribution in [0.3, 0.4) is 0 Å². The predicted octanol–water partition coefficient (Wildman–Crippen LogP) is 2.53. The maximum absolute atomic E-state index is 3.61. The number of fused-ring (bicyclic) bond motifs is 1. The molecule has 13 heavy (non-hydrogen) atoms. The van der Waals surface area contributed by atoms with Crippen molar-refractivity contribution in [2.24, 2.45) is 0 Å². The minimum atomic E-state index is 0.659. The number of hydrogen-bond donors (Lipinski definition) is 1. The Morgan fingerprint density at radius 3 is 3.08 bits per heavy atom. The average molecular weight is 240 g/mol. The molecule has 0 fully saturated rings. The number of hydrogen-bond acceptors (Lipinski definition) is 1. The van der Waals surface area contributed by atoms with E-state index in [-0.39, 0.29) is 0 Å². The Hall–Kier alpha value is -0.340. The van der Waals surface area contributed by atoms with Crippen molar-refractivity contribution < 1.29 is 0 Å². The SMILES string of the molecule is CNC1CCc2cccc(Br)c2C1. The Bertz CT molecular complexity index is 309. The molecular weight excluding hydrogens is 226 g/mol. The normalized spacial score (nSPS) is 21.2. The summed E-state index contributed by atoms with van der Waals surface area (Å²) < 4.78 is 1.27. The van der Waals surface area contributed by atoms with E-state index in [0.29, 0.717) is 6.04 Å². The van der Waals surface area contributed by atoms with Gasteiger partial charge in [0.15, 0.2) is 0 Å². The first kappa shape index (κ1) is 9.22. The van der Waals surface area contributed by atoms with Gasteiger partial charge in [0.1, 0.15) is 0 Å². The number of rotatable bonds is 1. The summed E-state index contributed by atoms with van der Waals surface area (Å²) in [6, 6.07) is 7.16. The van der Waals surface area contributed by atoms with Crippen LogP contribution in [0.15, 0.2) is 22.7 Å². The molecule has 2 heteroatoms. The number of likely N-dealkylation sites (N-methyl/N-ethyl adjacent to an activating group) is 1. The van der Waals surface area contributed by atoms with Gasteiger partial charge in [0.2, 0.25) is 0 Å². The minimum Gasteiger partial charge on any atom is -0.317 e. The fourth-order valence-electron chi connectivity index (χ4n) is 1.99. The van der Waals surface area contributed by atoms with Crippen molar-refractivity contribution in [1.82, 2.24) is 5.32 Å². The van der Waals surface area contributed by atoms with Crippen molar-refractivity contribution in [3.63, 3.8) is 0 Å². The number of nitrogens with one attached hydrogen (secondary N) is 1. The zero-order chi connectivity index (χ0) is 9.26. The van der Waals surface area contributed by atoms with Crippen molar-refractivity contribution in [2.45, 2.75) is 25.3 Å². The predicted molar refractivity (Wildman–Crippen MR) is 59.0 cm³/mol. The van der Waals surface area contributed by atoms with Crippen molar-refractivity contribution in [3.8, 4) is 0 Å². The van der Waals surface area contributed by atoms with Gasteiger partial charge in [0.25, 0.3) is 0 Å². The quantitative estimate of drug-likeness (QED) is 0.795. The summed E-state index contributed by atoms with van der Waals surface area (Å²) in [6.07, 6.45) is 3.63. The van der Waals surface area contributed by atoms with Gasteiger partial charge in [-0.2, -0.15) is 0 Å². The van der Waals surface area contributed by atoms with Crippen LogP contribution in [0.1, 0.15) is 17.5 Å². The lowest BCUT2D eigenvalue weighted by Gasteiger charge is -2.24. The Balaban J connectivity index is 2.32. The molecular formula is C11H14BrN. The van der Waals surface area contributed by atoms with Gasteiger partial charge in [-0.15, -0.1) is 0 Å². The Labute approximate surface area is 87.7 Å². The molecule has 1 unspecified atom stereocenters. The van der Waals surface area contributed by atoms with Crippen LogP contribution in [0.2, 0.25) is 0 Å². The summed E-state index contributed by atoms with van der Waals surface area (Å²) >= 11 is 3.61. The fraction of sp³-hybridized carbons (Fsp3) is 0.455. The molecule has 0 amide bonds. The van der Waals surface area contributed by atoms with Gasteiger partial charge in [-0.05, 0) is 43.5 Å². The summed E-state index contributed by atoms with van der Waals surface area (Å²) in [7, 11) is 2.05. The molecule has 1 aromatic rings. The highest BCUT2D eigenvalue weighted by molar-refractivity contribution is 9.10. The first-order valence-corrected chi connectivity index (χ1v) is 5.54. The highest BCUT2D eigenvalue weighted by Gasteiger charge is 2.18.